The molecular formula is C12H33N6O4P. The maximum atomic E-state index is 12.7. The van der Waals surface area contributed by atoms with Crippen LogP contribution in [0.1, 0.15) is 20.8 Å². The Kier molecular flexibility index (Phi) is 10.6. The van der Waals surface area contributed by atoms with Gasteiger partial charge in [-0.25, -0.2) is 4.57 Å². The van der Waals surface area contributed by atoms with Crippen LogP contribution in [0.25, 0.3) is 0 Å². The van der Waals surface area contributed by atoms with Crippen molar-refractivity contribution in [3.63, 3.8) is 0 Å². The second-order valence-corrected chi connectivity index (χ2v) is 7.44. The third-order valence-electron chi connectivity index (χ3n) is 3.33. The van der Waals surface area contributed by atoms with E-state index in [1.54, 1.807) is 0 Å². The minimum absolute atomic E-state index is 0.187. The molecule has 0 heterocycles. The number of nitrogens with one attached hydrogen (secondary N) is 3. The van der Waals surface area contributed by atoms with Crippen molar-refractivity contribution in [2.45, 2.75) is 39.3 Å². The van der Waals surface area contributed by atoms with Crippen LogP contribution in [0, 0.1) is 0 Å². The summed E-state index contributed by atoms with van der Waals surface area (Å²) in [7, 11) is 7.21. The lowest BCUT2D eigenvalue weighted by molar-refractivity contribution is -0.0371. The summed E-state index contributed by atoms with van der Waals surface area (Å²) in [6.07, 6.45) is -0.561. The lowest BCUT2D eigenvalue weighted by atomic mass is 10.5. The summed E-state index contributed by atoms with van der Waals surface area (Å²) in [6, 6.07) is 0. The molecule has 0 spiro atoms. The fourth-order valence-corrected chi connectivity index (χ4v) is 1.75. The smallest absolute Gasteiger partial charge is 0.293 e. The summed E-state index contributed by atoms with van der Waals surface area (Å²) < 4.78 is 28.2. The molecule has 0 aromatic heterocycles. The van der Waals surface area contributed by atoms with Crippen molar-refractivity contribution in [2.75, 3.05) is 42.3 Å². The zero-order chi connectivity index (χ0) is 18.2. The maximum Gasteiger partial charge on any atom is 0.524 e. The molecule has 0 saturated heterocycles. The molecule has 11 heteroatoms. The highest BCUT2D eigenvalue weighted by atomic mass is 31.2. The van der Waals surface area contributed by atoms with Crippen molar-refractivity contribution in [3.8, 4) is 0 Å². The molecule has 3 atom stereocenters. The number of hydrogen-bond donors (Lipinski definition) is 3. The third kappa shape index (κ3) is 9.68. The van der Waals surface area contributed by atoms with Crippen LogP contribution in [0.5, 0.6) is 0 Å². The van der Waals surface area contributed by atoms with Crippen molar-refractivity contribution < 1.29 is 18.4 Å². The highest BCUT2D eigenvalue weighted by molar-refractivity contribution is 7.48. The highest BCUT2D eigenvalue weighted by Gasteiger charge is 2.31. The second-order valence-electron chi connectivity index (χ2n) is 5.99. The zero-order valence-electron chi connectivity index (χ0n) is 15.7. The molecule has 0 aliphatic rings. The van der Waals surface area contributed by atoms with E-state index in [0.717, 1.165) is 0 Å². The standard InChI is InChI=1S/C12H33N6O4P/c1-10(16(4)5)13-20-23(19,21-14-11(2)17(6)7)22-15-12(3)18(8)9/h10-15H,1-9H3. The van der Waals surface area contributed by atoms with Gasteiger partial charge in [-0.15, -0.1) is 0 Å². The quantitative estimate of drug-likeness (QED) is 0.259. The molecule has 3 unspecified atom stereocenters. The molecular weight excluding hydrogens is 323 g/mol. The van der Waals surface area contributed by atoms with E-state index in [1.807, 2.05) is 77.8 Å². The third-order valence-corrected chi connectivity index (χ3v) is 4.32. The highest BCUT2D eigenvalue weighted by Crippen LogP contribution is 2.46. The van der Waals surface area contributed by atoms with E-state index in [9.17, 15) is 4.57 Å². The Hall–Kier alpha value is -0.130. The molecule has 0 aromatic carbocycles. The number of nitrogens with zero attached hydrogens (tertiary/aromatic N) is 3. The van der Waals surface area contributed by atoms with Crippen molar-refractivity contribution >= 4 is 7.82 Å². The number of rotatable bonds is 12. The molecule has 0 aliphatic carbocycles. The van der Waals surface area contributed by atoms with E-state index in [0.29, 0.717) is 0 Å². The van der Waals surface area contributed by atoms with E-state index in [4.69, 9.17) is 13.9 Å². The van der Waals surface area contributed by atoms with E-state index >= 15 is 0 Å². The lowest BCUT2D eigenvalue weighted by Crippen LogP contribution is -2.43. The zero-order valence-corrected chi connectivity index (χ0v) is 16.5. The molecule has 0 rings (SSSR count). The summed E-state index contributed by atoms with van der Waals surface area (Å²) in [5.74, 6) is 0. The van der Waals surface area contributed by atoms with Gasteiger partial charge in [-0.3, -0.25) is 14.7 Å². The largest absolute Gasteiger partial charge is 0.524 e. The Morgan fingerprint density at radius 1 is 0.652 bits per heavy atom. The molecule has 0 amide bonds. The first kappa shape index (κ1) is 22.9. The van der Waals surface area contributed by atoms with E-state index < -0.39 is 7.82 Å². The van der Waals surface area contributed by atoms with Crippen molar-refractivity contribution in [1.29, 1.82) is 0 Å². The normalized spacial score (nSPS) is 19.1. The summed E-state index contributed by atoms with van der Waals surface area (Å²) in [5.41, 5.74) is 7.90. The molecule has 140 valence electrons. The second kappa shape index (κ2) is 10.7. The Balaban J connectivity index is 4.72. The van der Waals surface area contributed by atoms with Gasteiger partial charge in [0.1, 0.15) is 0 Å². The molecule has 3 N–H and O–H groups in total. The van der Waals surface area contributed by atoms with Crippen LogP contribution >= 0.6 is 7.82 Å². The van der Waals surface area contributed by atoms with Crippen LogP contribution in [0.4, 0.5) is 0 Å². The monoisotopic (exact) mass is 356 g/mol. The van der Waals surface area contributed by atoms with Gasteiger partial charge in [-0.2, -0.15) is 30.3 Å². The molecule has 10 nitrogen and oxygen atoms in total. The maximum absolute atomic E-state index is 12.7. The molecule has 0 saturated carbocycles. The summed E-state index contributed by atoms with van der Waals surface area (Å²) in [5, 5.41) is 0. The fraction of sp³-hybridized carbons (Fsp3) is 1.00. The van der Waals surface area contributed by atoms with Gasteiger partial charge >= 0.3 is 7.82 Å². The van der Waals surface area contributed by atoms with Gasteiger partial charge in [0, 0.05) is 0 Å². The van der Waals surface area contributed by atoms with Gasteiger partial charge < -0.3 is 0 Å². The van der Waals surface area contributed by atoms with E-state index in [1.165, 1.54) is 0 Å². The predicted octanol–water partition coefficient (Wildman–Crippen LogP) is 0.381. The Bertz CT molecular complexity index is 319. The average molecular weight is 356 g/mol. The summed E-state index contributed by atoms with van der Waals surface area (Å²) in [6.45, 7) is 5.53. The summed E-state index contributed by atoms with van der Waals surface area (Å²) >= 11 is 0. The van der Waals surface area contributed by atoms with Gasteiger partial charge in [0.2, 0.25) is 0 Å². The minimum atomic E-state index is -3.91. The Labute approximate surface area is 139 Å². The first-order valence-electron chi connectivity index (χ1n) is 7.40. The van der Waals surface area contributed by atoms with Crippen molar-refractivity contribution in [2.24, 2.45) is 0 Å². The lowest BCUT2D eigenvalue weighted by Gasteiger charge is -2.27. The molecule has 0 bridgehead atoms. The van der Waals surface area contributed by atoms with E-state index in [-0.39, 0.29) is 18.5 Å². The van der Waals surface area contributed by atoms with Crippen LogP contribution in [0.2, 0.25) is 0 Å². The number of phosphoric acid groups is 1. The van der Waals surface area contributed by atoms with Crippen molar-refractivity contribution in [1.82, 2.24) is 31.1 Å². The Morgan fingerprint density at radius 2 is 0.870 bits per heavy atom. The molecule has 0 aromatic rings. The van der Waals surface area contributed by atoms with Crippen LogP contribution in [-0.2, 0) is 18.4 Å². The van der Waals surface area contributed by atoms with E-state index in [2.05, 4.69) is 16.4 Å². The van der Waals surface area contributed by atoms with Crippen LogP contribution in [0.15, 0.2) is 0 Å². The van der Waals surface area contributed by atoms with Gasteiger partial charge in [0.15, 0.2) is 0 Å². The van der Waals surface area contributed by atoms with Crippen LogP contribution in [-0.4, -0.2) is 75.5 Å². The Morgan fingerprint density at radius 3 is 1.04 bits per heavy atom. The van der Waals surface area contributed by atoms with Crippen LogP contribution in [0.3, 0.4) is 0 Å². The van der Waals surface area contributed by atoms with Gasteiger partial charge in [-0.1, -0.05) is 0 Å². The van der Waals surface area contributed by atoms with Gasteiger partial charge in [0.25, 0.3) is 0 Å². The topological polar surface area (TPSA) is 90.6 Å². The fourth-order valence-electron chi connectivity index (χ4n) is 0.795. The average Bonchev–Trinajstić information content (AvgIpc) is 2.47. The first-order valence-corrected chi connectivity index (χ1v) is 8.86. The predicted molar refractivity (Wildman–Crippen MR) is 89.7 cm³/mol. The van der Waals surface area contributed by atoms with Gasteiger partial charge in [0.05, 0.1) is 18.5 Å². The SMILES string of the molecule is CC(NOP(=O)(ONC(C)N(C)C)ONC(C)N(C)C)N(C)C. The number of hydroxylamine groups is 3. The first-order chi connectivity index (χ1) is 10.5. The molecule has 0 aliphatic heterocycles. The molecule has 0 radical (unpaired) electrons. The molecule has 0 fully saturated rings. The number of hydrogen-bond acceptors (Lipinski definition) is 10. The van der Waals surface area contributed by atoms with Crippen LogP contribution < -0.4 is 16.4 Å². The molecule has 23 heavy (non-hydrogen) atoms. The summed E-state index contributed by atoms with van der Waals surface area (Å²) in [4.78, 5) is 5.53. The van der Waals surface area contributed by atoms with Gasteiger partial charge in [-0.05, 0) is 63.1 Å². The minimum Gasteiger partial charge on any atom is -0.293 e. The van der Waals surface area contributed by atoms with Crippen molar-refractivity contribution in [3.05, 3.63) is 0 Å².